The van der Waals surface area contributed by atoms with Crippen molar-refractivity contribution in [3.8, 4) is 0 Å². The van der Waals surface area contributed by atoms with Crippen LogP contribution >= 0.6 is 23.2 Å². The summed E-state index contributed by atoms with van der Waals surface area (Å²) in [5.74, 6) is 0.320. The number of amides is 1. The van der Waals surface area contributed by atoms with Crippen molar-refractivity contribution in [3.05, 3.63) is 63.4 Å². The number of nitrogens with zero attached hydrogens (tertiary/aromatic N) is 1. The van der Waals surface area contributed by atoms with Crippen molar-refractivity contribution in [2.75, 3.05) is 6.54 Å². The molecule has 3 nitrogen and oxygen atoms in total. The van der Waals surface area contributed by atoms with Gasteiger partial charge < -0.3 is 5.32 Å². The summed E-state index contributed by atoms with van der Waals surface area (Å²) >= 11 is 12.0. The molecule has 0 radical (unpaired) electrons. The third kappa shape index (κ3) is 4.71. The molecule has 0 bridgehead atoms. The molecular weight excluding hydrogens is 381 g/mol. The van der Waals surface area contributed by atoms with E-state index in [9.17, 15) is 13.6 Å². The Morgan fingerprint density at radius 3 is 2.62 bits per heavy atom. The molecule has 3 rings (SSSR count). The Morgan fingerprint density at radius 1 is 1.23 bits per heavy atom. The predicted molar refractivity (Wildman–Crippen MR) is 98.1 cm³/mol. The van der Waals surface area contributed by atoms with Crippen LogP contribution in [0.4, 0.5) is 8.78 Å². The number of benzene rings is 1. The Morgan fingerprint density at radius 2 is 2.00 bits per heavy atom. The van der Waals surface area contributed by atoms with E-state index in [0.717, 1.165) is 24.8 Å². The lowest BCUT2D eigenvalue weighted by atomic mass is 9.94. The van der Waals surface area contributed by atoms with Crippen molar-refractivity contribution in [2.24, 2.45) is 5.92 Å². The van der Waals surface area contributed by atoms with Crippen molar-refractivity contribution in [1.29, 1.82) is 0 Å². The zero-order valence-corrected chi connectivity index (χ0v) is 15.4. The molecule has 2 aromatic rings. The van der Waals surface area contributed by atoms with Gasteiger partial charge in [0, 0.05) is 18.7 Å². The number of alkyl halides is 2. The van der Waals surface area contributed by atoms with Crippen LogP contribution in [0.3, 0.4) is 0 Å². The fourth-order valence-corrected chi connectivity index (χ4v) is 3.26. The number of carbonyl (C=O) groups excluding carboxylic acids is 1. The molecule has 138 valence electrons. The van der Waals surface area contributed by atoms with Crippen LogP contribution in [0.15, 0.2) is 36.5 Å². The molecule has 1 N–H and O–H groups in total. The highest BCUT2D eigenvalue weighted by Crippen LogP contribution is 2.38. The van der Waals surface area contributed by atoms with Gasteiger partial charge in [-0.3, -0.25) is 9.78 Å². The van der Waals surface area contributed by atoms with E-state index in [4.69, 9.17) is 23.2 Å². The summed E-state index contributed by atoms with van der Waals surface area (Å²) in [4.78, 5) is 16.3. The summed E-state index contributed by atoms with van der Waals surface area (Å²) in [6, 6.07) is 7.90. The monoisotopic (exact) mass is 398 g/mol. The first-order valence-electron chi connectivity index (χ1n) is 8.42. The molecule has 0 aliphatic heterocycles. The summed E-state index contributed by atoms with van der Waals surface area (Å²) in [7, 11) is 0. The Bertz CT molecular complexity index is 780. The van der Waals surface area contributed by atoms with Crippen LogP contribution in [-0.2, 0) is 0 Å². The molecule has 1 saturated carbocycles. The molecule has 1 unspecified atom stereocenters. The van der Waals surface area contributed by atoms with Crippen molar-refractivity contribution < 1.29 is 13.6 Å². The highest BCUT2D eigenvalue weighted by atomic mass is 35.5. The minimum atomic E-state index is -2.59. The molecule has 0 spiro atoms. The van der Waals surface area contributed by atoms with Crippen LogP contribution in [0.2, 0.25) is 10.0 Å². The van der Waals surface area contributed by atoms with Crippen molar-refractivity contribution in [2.45, 2.75) is 31.6 Å². The average molecular weight is 399 g/mol. The van der Waals surface area contributed by atoms with E-state index in [1.165, 1.54) is 12.3 Å². The number of hydrogen-bond donors (Lipinski definition) is 1. The van der Waals surface area contributed by atoms with E-state index in [1.54, 1.807) is 24.3 Å². The lowest BCUT2D eigenvalue weighted by Crippen LogP contribution is -2.29. The fourth-order valence-electron chi connectivity index (χ4n) is 2.87. The van der Waals surface area contributed by atoms with Gasteiger partial charge >= 0.3 is 0 Å². The Labute approximate surface area is 160 Å². The van der Waals surface area contributed by atoms with E-state index >= 15 is 0 Å². The van der Waals surface area contributed by atoms with E-state index in [-0.39, 0.29) is 22.5 Å². The Balaban J connectivity index is 1.70. The van der Waals surface area contributed by atoms with Crippen LogP contribution < -0.4 is 5.32 Å². The summed E-state index contributed by atoms with van der Waals surface area (Å²) in [5.41, 5.74) is 0.919. The summed E-state index contributed by atoms with van der Waals surface area (Å²) < 4.78 is 25.4. The largest absolute Gasteiger partial charge is 0.351 e. The number of carbonyl (C=O) groups is 1. The van der Waals surface area contributed by atoms with E-state index in [1.807, 2.05) is 0 Å². The number of pyridine rings is 1. The van der Waals surface area contributed by atoms with Gasteiger partial charge in [0.2, 0.25) is 0 Å². The third-order valence-electron chi connectivity index (χ3n) is 4.52. The van der Waals surface area contributed by atoms with Crippen molar-refractivity contribution in [1.82, 2.24) is 10.3 Å². The quantitative estimate of drug-likeness (QED) is 0.655. The molecule has 1 aromatic carbocycles. The first-order valence-corrected chi connectivity index (χ1v) is 9.17. The molecule has 1 amide bonds. The van der Waals surface area contributed by atoms with Crippen LogP contribution in [-0.4, -0.2) is 17.4 Å². The SMILES string of the molecule is O=C(NCC(CC1CC1)c1ccc(C(F)F)nc1)c1cccc(Cl)c1Cl. The highest BCUT2D eigenvalue weighted by molar-refractivity contribution is 6.43. The van der Waals surface area contributed by atoms with E-state index in [2.05, 4.69) is 10.3 Å². The second kappa shape index (κ2) is 8.31. The Kier molecular flexibility index (Phi) is 6.09. The van der Waals surface area contributed by atoms with Crippen LogP contribution in [0, 0.1) is 5.92 Å². The maximum Gasteiger partial charge on any atom is 0.280 e. The number of halogens is 4. The maximum atomic E-state index is 12.7. The summed E-state index contributed by atoms with van der Waals surface area (Å²) in [5, 5.41) is 3.41. The van der Waals surface area contributed by atoms with Crippen LogP contribution in [0.1, 0.15) is 53.2 Å². The number of nitrogens with one attached hydrogen (secondary N) is 1. The predicted octanol–water partition coefficient (Wildman–Crippen LogP) is 5.64. The molecule has 1 aliphatic rings. The molecule has 1 atom stereocenters. The van der Waals surface area contributed by atoms with Gasteiger partial charge in [0.1, 0.15) is 5.69 Å². The summed E-state index contributed by atoms with van der Waals surface area (Å²) in [6.45, 7) is 0.383. The van der Waals surface area contributed by atoms with Gasteiger partial charge in [-0.15, -0.1) is 0 Å². The summed E-state index contributed by atoms with van der Waals surface area (Å²) in [6.07, 6.45) is 2.10. The van der Waals surface area contributed by atoms with Gasteiger partial charge in [0.25, 0.3) is 12.3 Å². The lowest BCUT2D eigenvalue weighted by molar-refractivity contribution is 0.0950. The minimum Gasteiger partial charge on any atom is -0.351 e. The smallest absolute Gasteiger partial charge is 0.280 e. The van der Waals surface area contributed by atoms with Gasteiger partial charge in [-0.2, -0.15) is 0 Å². The third-order valence-corrected chi connectivity index (χ3v) is 5.34. The molecule has 26 heavy (non-hydrogen) atoms. The first kappa shape index (κ1) is 19.1. The molecular formula is C19H18Cl2F2N2O. The first-order chi connectivity index (χ1) is 12.5. The zero-order valence-electron chi connectivity index (χ0n) is 13.9. The van der Waals surface area contributed by atoms with Gasteiger partial charge in [-0.25, -0.2) is 8.78 Å². The van der Waals surface area contributed by atoms with Crippen molar-refractivity contribution >= 4 is 29.1 Å². The standard InChI is InChI=1S/C19H18Cl2F2N2O/c20-15-3-1-2-14(17(15)21)19(26)25-10-13(8-11-4-5-11)12-6-7-16(18(22)23)24-9-12/h1-3,6-7,9,11,13,18H,4-5,8,10H2,(H,25,26). The zero-order chi connectivity index (χ0) is 18.7. The second-order valence-electron chi connectivity index (χ2n) is 6.50. The minimum absolute atomic E-state index is 0.0173. The van der Waals surface area contributed by atoms with E-state index in [0.29, 0.717) is 23.0 Å². The van der Waals surface area contributed by atoms with E-state index < -0.39 is 6.43 Å². The van der Waals surface area contributed by atoms with Gasteiger partial charge in [0.15, 0.2) is 0 Å². The maximum absolute atomic E-state index is 12.7. The van der Waals surface area contributed by atoms with Crippen LogP contribution in [0.25, 0.3) is 0 Å². The lowest BCUT2D eigenvalue weighted by Gasteiger charge is -2.18. The molecule has 1 aliphatic carbocycles. The van der Waals surface area contributed by atoms with Crippen molar-refractivity contribution in [3.63, 3.8) is 0 Å². The Hall–Kier alpha value is -1.72. The number of aromatic nitrogens is 1. The van der Waals surface area contributed by atoms with Gasteiger partial charge in [-0.05, 0) is 36.1 Å². The molecule has 7 heteroatoms. The van der Waals surface area contributed by atoms with Gasteiger partial charge in [0.05, 0.1) is 15.6 Å². The highest BCUT2D eigenvalue weighted by Gasteiger charge is 2.27. The average Bonchev–Trinajstić information content (AvgIpc) is 3.45. The molecule has 1 heterocycles. The number of hydrogen-bond acceptors (Lipinski definition) is 2. The second-order valence-corrected chi connectivity index (χ2v) is 7.29. The normalized spacial score (nSPS) is 15.1. The van der Waals surface area contributed by atoms with Gasteiger partial charge in [-0.1, -0.05) is 48.2 Å². The molecule has 1 aromatic heterocycles. The number of rotatable bonds is 7. The fraction of sp³-hybridized carbons (Fsp3) is 0.368. The topological polar surface area (TPSA) is 42.0 Å². The molecule has 1 fully saturated rings. The van der Waals surface area contributed by atoms with Crippen LogP contribution in [0.5, 0.6) is 0 Å². The molecule has 0 saturated heterocycles.